The van der Waals surface area contributed by atoms with Gasteiger partial charge in [-0.25, -0.2) is 0 Å². The van der Waals surface area contributed by atoms with E-state index in [1.807, 2.05) is 25.2 Å². The Kier molecular flexibility index (Phi) is 5.44. The average molecular weight is 246 g/mol. The van der Waals surface area contributed by atoms with Crippen molar-refractivity contribution in [2.24, 2.45) is 5.92 Å². The molecule has 1 atom stereocenters. The van der Waals surface area contributed by atoms with Crippen LogP contribution in [0.4, 0.5) is 0 Å². The quantitative estimate of drug-likeness (QED) is 0.833. The topological polar surface area (TPSA) is 12.0 Å². The Bertz CT molecular complexity index is 312. The van der Waals surface area contributed by atoms with Crippen LogP contribution in [0.1, 0.15) is 18.9 Å². The van der Waals surface area contributed by atoms with Crippen molar-refractivity contribution in [3.63, 3.8) is 0 Å². The predicted octanol–water partition coefficient (Wildman–Crippen LogP) is 3.78. The Morgan fingerprint density at radius 1 is 1.33 bits per heavy atom. The van der Waals surface area contributed by atoms with E-state index in [4.69, 9.17) is 23.2 Å². The fraction of sp³-hybridized carbons (Fsp3) is 0.500. The fourth-order valence-electron chi connectivity index (χ4n) is 1.57. The second-order valence-electron chi connectivity index (χ2n) is 3.91. The van der Waals surface area contributed by atoms with Crippen molar-refractivity contribution in [1.29, 1.82) is 0 Å². The van der Waals surface area contributed by atoms with Crippen LogP contribution < -0.4 is 5.32 Å². The highest BCUT2D eigenvalue weighted by atomic mass is 35.5. The van der Waals surface area contributed by atoms with E-state index in [2.05, 4.69) is 12.2 Å². The zero-order valence-corrected chi connectivity index (χ0v) is 10.7. The lowest BCUT2D eigenvalue weighted by molar-refractivity contribution is 0.515. The molecule has 0 aliphatic heterocycles. The largest absolute Gasteiger partial charge is 0.320 e. The summed E-state index contributed by atoms with van der Waals surface area (Å²) in [5.41, 5.74) is 1.15. The van der Waals surface area contributed by atoms with Crippen molar-refractivity contribution in [2.45, 2.75) is 19.8 Å². The molecule has 0 saturated heterocycles. The molecule has 3 heteroatoms. The molecule has 1 nitrogen and oxygen atoms in total. The zero-order chi connectivity index (χ0) is 11.3. The maximum atomic E-state index is 6.12. The summed E-state index contributed by atoms with van der Waals surface area (Å²) >= 11 is 12.1. The molecule has 1 N–H and O–H groups in total. The van der Waals surface area contributed by atoms with Gasteiger partial charge in [-0.1, -0.05) is 42.3 Å². The van der Waals surface area contributed by atoms with E-state index in [-0.39, 0.29) is 0 Å². The van der Waals surface area contributed by atoms with Crippen molar-refractivity contribution in [3.8, 4) is 0 Å². The molecule has 1 aromatic carbocycles. The first-order chi connectivity index (χ1) is 7.15. The van der Waals surface area contributed by atoms with Gasteiger partial charge < -0.3 is 5.32 Å². The molecule has 0 amide bonds. The smallest absolute Gasteiger partial charge is 0.0624 e. The number of halogens is 2. The minimum absolute atomic E-state index is 0.619. The molecular weight excluding hydrogens is 229 g/mol. The standard InChI is InChI=1S/C12H17Cl2N/c1-9(6-7-15-2)8-10-4-3-5-11(13)12(10)14/h3-5,9,15H,6-8H2,1-2H3. The minimum Gasteiger partial charge on any atom is -0.320 e. The van der Waals surface area contributed by atoms with Crippen molar-refractivity contribution >= 4 is 23.2 Å². The first-order valence-electron chi connectivity index (χ1n) is 5.22. The maximum absolute atomic E-state index is 6.12. The molecule has 0 saturated carbocycles. The summed E-state index contributed by atoms with van der Waals surface area (Å²) in [7, 11) is 1.97. The molecule has 0 aromatic heterocycles. The lowest BCUT2D eigenvalue weighted by Gasteiger charge is -2.12. The predicted molar refractivity (Wildman–Crippen MR) is 67.9 cm³/mol. The average Bonchev–Trinajstić information content (AvgIpc) is 2.22. The number of hydrogen-bond acceptors (Lipinski definition) is 1. The molecule has 84 valence electrons. The molecule has 0 fully saturated rings. The summed E-state index contributed by atoms with van der Waals surface area (Å²) in [6.45, 7) is 3.27. The van der Waals surface area contributed by atoms with Crippen LogP contribution in [0.25, 0.3) is 0 Å². The zero-order valence-electron chi connectivity index (χ0n) is 9.19. The van der Waals surface area contributed by atoms with Gasteiger partial charge in [0.05, 0.1) is 10.0 Å². The van der Waals surface area contributed by atoms with E-state index < -0.39 is 0 Å². The molecule has 1 unspecified atom stereocenters. The van der Waals surface area contributed by atoms with E-state index in [1.165, 1.54) is 0 Å². The molecular formula is C12H17Cl2N. The van der Waals surface area contributed by atoms with Crippen molar-refractivity contribution < 1.29 is 0 Å². The third-order valence-corrected chi connectivity index (χ3v) is 3.35. The van der Waals surface area contributed by atoms with Crippen molar-refractivity contribution in [1.82, 2.24) is 5.32 Å². The highest BCUT2D eigenvalue weighted by molar-refractivity contribution is 6.42. The number of benzene rings is 1. The molecule has 0 heterocycles. The Labute approximate surface area is 102 Å². The molecule has 1 aromatic rings. The van der Waals surface area contributed by atoms with Crippen LogP contribution >= 0.6 is 23.2 Å². The van der Waals surface area contributed by atoms with Gasteiger partial charge >= 0.3 is 0 Å². The van der Waals surface area contributed by atoms with Crippen LogP contribution in [0.3, 0.4) is 0 Å². The summed E-state index contributed by atoms with van der Waals surface area (Å²) in [5.74, 6) is 0.619. The van der Waals surface area contributed by atoms with Gasteiger partial charge in [0.15, 0.2) is 0 Å². The first-order valence-corrected chi connectivity index (χ1v) is 5.98. The minimum atomic E-state index is 0.619. The van der Waals surface area contributed by atoms with Gasteiger partial charge in [-0.15, -0.1) is 0 Å². The highest BCUT2D eigenvalue weighted by Gasteiger charge is 2.08. The van der Waals surface area contributed by atoms with Crippen LogP contribution in [0, 0.1) is 5.92 Å². The first kappa shape index (κ1) is 12.8. The molecule has 1 rings (SSSR count). The molecule has 0 aliphatic rings. The second kappa shape index (κ2) is 6.37. The van der Waals surface area contributed by atoms with Crippen LogP contribution in [-0.2, 0) is 6.42 Å². The molecule has 0 radical (unpaired) electrons. The second-order valence-corrected chi connectivity index (χ2v) is 4.70. The third kappa shape index (κ3) is 4.02. The lowest BCUT2D eigenvalue weighted by atomic mass is 9.98. The maximum Gasteiger partial charge on any atom is 0.0624 e. The van der Waals surface area contributed by atoms with Crippen molar-refractivity contribution in [3.05, 3.63) is 33.8 Å². The Balaban J connectivity index is 2.60. The number of hydrogen-bond donors (Lipinski definition) is 1. The van der Waals surface area contributed by atoms with Gasteiger partial charge in [-0.2, -0.15) is 0 Å². The highest BCUT2D eigenvalue weighted by Crippen LogP contribution is 2.27. The van der Waals surface area contributed by atoms with Gasteiger partial charge in [-0.3, -0.25) is 0 Å². The normalized spacial score (nSPS) is 12.8. The summed E-state index contributed by atoms with van der Waals surface area (Å²) in [6, 6.07) is 5.82. The van der Waals surface area contributed by atoms with E-state index >= 15 is 0 Å². The summed E-state index contributed by atoms with van der Waals surface area (Å²) in [6.07, 6.45) is 2.14. The van der Waals surface area contributed by atoms with Crippen molar-refractivity contribution in [2.75, 3.05) is 13.6 Å². The van der Waals surface area contributed by atoms with Crippen LogP contribution in [0.2, 0.25) is 10.0 Å². The van der Waals surface area contributed by atoms with Gasteiger partial charge in [0.1, 0.15) is 0 Å². The molecule has 15 heavy (non-hydrogen) atoms. The number of rotatable bonds is 5. The van der Waals surface area contributed by atoms with Crippen LogP contribution in [-0.4, -0.2) is 13.6 Å². The molecule has 0 spiro atoms. The SMILES string of the molecule is CNCCC(C)Cc1cccc(Cl)c1Cl. The summed E-state index contributed by atoms with van der Waals surface area (Å²) in [5, 5.41) is 4.50. The fourth-order valence-corrected chi connectivity index (χ4v) is 1.97. The van der Waals surface area contributed by atoms with E-state index in [1.54, 1.807) is 0 Å². The monoisotopic (exact) mass is 245 g/mol. The number of nitrogens with one attached hydrogen (secondary N) is 1. The van der Waals surface area contributed by atoms with Gasteiger partial charge in [0.2, 0.25) is 0 Å². The van der Waals surface area contributed by atoms with Crippen LogP contribution in [0.15, 0.2) is 18.2 Å². The Morgan fingerprint density at radius 2 is 2.07 bits per heavy atom. The van der Waals surface area contributed by atoms with Gasteiger partial charge in [-0.05, 0) is 44.0 Å². The molecule has 0 bridgehead atoms. The lowest BCUT2D eigenvalue weighted by Crippen LogP contribution is -2.12. The summed E-state index contributed by atoms with van der Waals surface area (Å²) in [4.78, 5) is 0. The van der Waals surface area contributed by atoms with E-state index in [0.29, 0.717) is 16.0 Å². The summed E-state index contributed by atoms with van der Waals surface area (Å²) < 4.78 is 0. The van der Waals surface area contributed by atoms with E-state index in [0.717, 1.165) is 24.9 Å². The van der Waals surface area contributed by atoms with Gasteiger partial charge in [0, 0.05) is 0 Å². The van der Waals surface area contributed by atoms with E-state index in [9.17, 15) is 0 Å². The third-order valence-electron chi connectivity index (χ3n) is 2.49. The Hall–Kier alpha value is -0.240. The Morgan fingerprint density at radius 3 is 2.73 bits per heavy atom. The van der Waals surface area contributed by atoms with Gasteiger partial charge in [0.25, 0.3) is 0 Å². The van der Waals surface area contributed by atoms with Crippen LogP contribution in [0.5, 0.6) is 0 Å². The molecule has 0 aliphatic carbocycles.